The molecule has 1 radical (unpaired) electrons. The van der Waals surface area contributed by atoms with Crippen molar-refractivity contribution in [3.8, 4) is 5.75 Å². The molecule has 1 aromatic carbocycles. The molecular formula is C18H29O. The molecular weight excluding hydrogens is 232 g/mol. The predicted molar refractivity (Wildman–Crippen MR) is 82.1 cm³/mol. The van der Waals surface area contributed by atoms with Crippen LogP contribution in [-0.2, 0) is 11.5 Å². The maximum absolute atomic E-state index is 11.2. The van der Waals surface area contributed by atoms with Gasteiger partial charge in [0.2, 0.25) is 0 Å². The van der Waals surface area contributed by atoms with Gasteiger partial charge in [-0.1, -0.05) is 76.8 Å². The van der Waals surface area contributed by atoms with E-state index in [-0.39, 0.29) is 5.75 Å². The standard InChI is InChI=1S/C18H29O/c1-2-3-4-5-6-7-8-9-10-11-13-17-14-12-15-18(19)16-17/h12,14-16H,2-11,13H2,1H3. The Morgan fingerprint density at radius 3 is 1.95 bits per heavy atom. The molecule has 0 aliphatic heterocycles. The van der Waals surface area contributed by atoms with Crippen LogP contribution in [0, 0.1) is 0 Å². The zero-order valence-corrected chi connectivity index (χ0v) is 12.5. The van der Waals surface area contributed by atoms with Gasteiger partial charge >= 0.3 is 0 Å². The highest BCUT2D eigenvalue weighted by molar-refractivity contribution is 5.26. The van der Waals surface area contributed by atoms with E-state index < -0.39 is 0 Å². The van der Waals surface area contributed by atoms with Crippen LogP contribution in [0.25, 0.3) is 0 Å². The van der Waals surface area contributed by atoms with Crippen molar-refractivity contribution in [1.82, 2.24) is 0 Å². The Bertz CT molecular complexity index is 319. The fraction of sp³-hybridized carbons (Fsp3) is 0.667. The van der Waals surface area contributed by atoms with E-state index >= 15 is 0 Å². The first kappa shape index (κ1) is 16.1. The van der Waals surface area contributed by atoms with Gasteiger partial charge in [0.1, 0.15) is 0 Å². The maximum atomic E-state index is 11.2. The quantitative estimate of drug-likeness (QED) is 0.417. The Hall–Kier alpha value is -0.980. The molecule has 0 spiro atoms. The Morgan fingerprint density at radius 1 is 0.789 bits per heavy atom. The molecule has 0 bridgehead atoms. The van der Waals surface area contributed by atoms with Gasteiger partial charge in [-0.15, -0.1) is 0 Å². The van der Waals surface area contributed by atoms with Crippen molar-refractivity contribution in [2.75, 3.05) is 0 Å². The van der Waals surface area contributed by atoms with Crippen LogP contribution in [0.1, 0.15) is 76.7 Å². The molecule has 107 valence electrons. The summed E-state index contributed by atoms with van der Waals surface area (Å²) in [6.45, 7) is 2.27. The molecule has 1 rings (SSSR count). The average molecular weight is 261 g/mol. The van der Waals surface area contributed by atoms with Gasteiger partial charge in [0.25, 0.3) is 0 Å². The molecule has 1 heteroatoms. The van der Waals surface area contributed by atoms with E-state index in [1.165, 1.54) is 69.8 Å². The van der Waals surface area contributed by atoms with Crippen molar-refractivity contribution >= 4 is 0 Å². The molecule has 0 N–H and O–H groups in total. The first-order valence-corrected chi connectivity index (χ1v) is 8.09. The summed E-state index contributed by atoms with van der Waals surface area (Å²) in [6.07, 6.45) is 14.7. The molecule has 0 aromatic heterocycles. The van der Waals surface area contributed by atoms with Gasteiger partial charge in [-0.2, -0.15) is 0 Å². The Kier molecular flexibility index (Phi) is 9.22. The molecule has 0 saturated heterocycles. The summed E-state index contributed by atoms with van der Waals surface area (Å²) in [7, 11) is 0. The first-order chi connectivity index (χ1) is 9.33. The molecule has 0 saturated carbocycles. The predicted octanol–water partition coefficient (Wildman–Crippen LogP) is 6.29. The molecule has 1 nitrogen and oxygen atoms in total. The van der Waals surface area contributed by atoms with Gasteiger partial charge in [-0.3, -0.25) is 5.11 Å². The minimum Gasteiger partial charge on any atom is -0.290 e. The highest BCUT2D eigenvalue weighted by Crippen LogP contribution is 2.15. The van der Waals surface area contributed by atoms with Crippen LogP contribution in [0.4, 0.5) is 0 Å². The lowest BCUT2D eigenvalue weighted by atomic mass is 10.0. The number of hydrogen-bond acceptors (Lipinski definition) is 0. The third kappa shape index (κ3) is 8.69. The maximum Gasteiger partial charge on any atom is 0.178 e. The van der Waals surface area contributed by atoms with E-state index in [2.05, 4.69) is 13.0 Å². The number of unbranched alkanes of at least 4 members (excludes halogenated alkanes) is 9. The van der Waals surface area contributed by atoms with E-state index in [4.69, 9.17) is 0 Å². The van der Waals surface area contributed by atoms with E-state index in [0.717, 1.165) is 6.42 Å². The zero-order chi connectivity index (χ0) is 13.8. The SMILES string of the molecule is CCCCCCCCCCCCc1cccc([O])c1. The Labute approximate surface area is 119 Å². The molecule has 0 amide bonds. The fourth-order valence-electron chi connectivity index (χ4n) is 2.52. The van der Waals surface area contributed by atoms with E-state index in [9.17, 15) is 5.11 Å². The van der Waals surface area contributed by atoms with Crippen LogP contribution in [0.5, 0.6) is 5.75 Å². The molecule has 19 heavy (non-hydrogen) atoms. The molecule has 0 heterocycles. The second-order valence-electron chi connectivity index (χ2n) is 5.58. The summed E-state index contributed by atoms with van der Waals surface area (Å²) < 4.78 is 0. The van der Waals surface area contributed by atoms with E-state index in [1.807, 2.05) is 6.07 Å². The van der Waals surface area contributed by atoms with Crippen LogP contribution < -0.4 is 0 Å². The highest BCUT2D eigenvalue weighted by atomic mass is 16.3. The average Bonchev–Trinajstić information content (AvgIpc) is 2.41. The first-order valence-electron chi connectivity index (χ1n) is 8.09. The van der Waals surface area contributed by atoms with Crippen LogP contribution in [0.15, 0.2) is 24.3 Å². The number of aryl methyl sites for hydroxylation is 1. The third-order valence-corrected chi connectivity index (χ3v) is 3.72. The van der Waals surface area contributed by atoms with Crippen molar-refractivity contribution in [2.24, 2.45) is 0 Å². The second kappa shape index (κ2) is 10.9. The second-order valence-corrected chi connectivity index (χ2v) is 5.58. The summed E-state index contributed by atoms with van der Waals surface area (Å²) >= 11 is 0. The van der Waals surface area contributed by atoms with Crippen molar-refractivity contribution in [2.45, 2.75) is 77.6 Å². The van der Waals surface area contributed by atoms with Crippen LogP contribution in [0.2, 0.25) is 0 Å². The Balaban J connectivity index is 1.89. The number of hydrogen-bond donors (Lipinski definition) is 0. The lowest BCUT2D eigenvalue weighted by Gasteiger charge is -2.03. The topological polar surface area (TPSA) is 19.9 Å². The molecule has 1 aromatic rings. The molecule has 0 unspecified atom stereocenters. The summed E-state index contributed by atoms with van der Waals surface area (Å²) in [5.41, 5.74) is 1.20. The lowest BCUT2D eigenvalue weighted by Crippen LogP contribution is -1.86. The van der Waals surface area contributed by atoms with Crippen molar-refractivity contribution in [3.05, 3.63) is 29.8 Å². The molecule has 0 fully saturated rings. The number of benzene rings is 1. The monoisotopic (exact) mass is 261 g/mol. The summed E-state index contributed by atoms with van der Waals surface area (Å²) in [6, 6.07) is 7.33. The van der Waals surface area contributed by atoms with Crippen molar-refractivity contribution in [3.63, 3.8) is 0 Å². The minimum atomic E-state index is 0.143. The van der Waals surface area contributed by atoms with E-state index in [1.54, 1.807) is 12.1 Å². The van der Waals surface area contributed by atoms with Crippen molar-refractivity contribution in [1.29, 1.82) is 0 Å². The highest BCUT2D eigenvalue weighted by Gasteiger charge is 1.97. The van der Waals surface area contributed by atoms with Crippen LogP contribution in [-0.4, -0.2) is 0 Å². The van der Waals surface area contributed by atoms with Gasteiger partial charge in [0.15, 0.2) is 5.75 Å². The largest absolute Gasteiger partial charge is 0.290 e. The zero-order valence-electron chi connectivity index (χ0n) is 12.5. The fourth-order valence-corrected chi connectivity index (χ4v) is 2.52. The van der Waals surface area contributed by atoms with E-state index in [0.29, 0.717) is 0 Å². The normalized spacial score (nSPS) is 10.8. The van der Waals surface area contributed by atoms with Gasteiger partial charge in [-0.25, -0.2) is 0 Å². The van der Waals surface area contributed by atoms with Gasteiger partial charge in [0.05, 0.1) is 0 Å². The van der Waals surface area contributed by atoms with Crippen molar-refractivity contribution < 1.29 is 5.11 Å². The molecule has 0 atom stereocenters. The van der Waals surface area contributed by atoms with Crippen LogP contribution >= 0.6 is 0 Å². The summed E-state index contributed by atoms with van der Waals surface area (Å²) in [5, 5.41) is 11.2. The third-order valence-electron chi connectivity index (χ3n) is 3.72. The summed E-state index contributed by atoms with van der Waals surface area (Å²) in [5.74, 6) is 0.143. The van der Waals surface area contributed by atoms with Gasteiger partial charge in [-0.05, 0) is 30.5 Å². The number of rotatable bonds is 11. The van der Waals surface area contributed by atoms with Gasteiger partial charge in [0, 0.05) is 0 Å². The molecule has 0 aliphatic rings. The smallest absolute Gasteiger partial charge is 0.178 e. The molecule has 0 aliphatic carbocycles. The summed E-state index contributed by atoms with van der Waals surface area (Å²) in [4.78, 5) is 0. The Morgan fingerprint density at radius 2 is 1.37 bits per heavy atom. The lowest BCUT2D eigenvalue weighted by molar-refractivity contribution is 0.354. The minimum absolute atomic E-state index is 0.143. The van der Waals surface area contributed by atoms with Gasteiger partial charge < -0.3 is 0 Å². The van der Waals surface area contributed by atoms with Crippen LogP contribution in [0.3, 0.4) is 0 Å².